The average molecular weight is 330 g/mol. The maximum atomic E-state index is 12.9. The number of carboxylic acid groups (broad SMARTS) is 1. The van der Waals surface area contributed by atoms with E-state index in [0.717, 1.165) is 10.6 Å². The van der Waals surface area contributed by atoms with Crippen LogP contribution in [0, 0.1) is 12.3 Å². The molecule has 1 saturated heterocycles. The second kappa shape index (κ2) is 5.77. The lowest BCUT2D eigenvalue weighted by molar-refractivity contribution is -0.147. The van der Waals surface area contributed by atoms with Crippen LogP contribution in [0.5, 0.6) is 0 Å². The highest BCUT2D eigenvalue weighted by molar-refractivity contribution is 7.14. The minimum absolute atomic E-state index is 0.126. The molecule has 1 fully saturated rings. The highest BCUT2D eigenvalue weighted by Crippen LogP contribution is 2.34. The molecule has 120 valence electrons. The van der Waals surface area contributed by atoms with Gasteiger partial charge >= 0.3 is 5.97 Å². The van der Waals surface area contributed by atoms with Crippen LogP contribution in [0.4, 0.5) is 0 Å². The number of nitrogens with zero attached hydrogens (tertiary/aromatic N) is 2. The van der Waals surface area contributed by atoms with Gasteiger partial charge in [0.15, 0.2) is 0 Å². The minimum atomic E-state index is -0.859. The van der Waals surface area contributed by atoms with Crippen molar-refractivity contribution in [3.8, 4) is 11.3 Å². The van der Waals surface area contributed by atoms with Gasteiger partial charge in [0.1, 0.15) is 4.88 Å². The van der Waals surface area contributed by atoms with E-state index in [-0.39, 0.29) is 12.5 Å². The van der Waals surface area contributed by atoms with E-state index in [4.69, 9.17) is 0 Å². The van der Waals surface area contributed by atoms with Gasteiger partial charge in [0.2, 0.25) is 0 Å². The zero-order valence-corrected chi connectivity index (χ0v) is 13.9. The molecule has 1 aromatic heterocycles. The number of carbonyl (C=O) groups is 2. The fourth-order valence-electron chi connectivity index (χ4n) is 2.82. The predicted octanol–water partition coefficient (Wildman–Crippen LogP) is 3.06. The van der Waals surface area contributed by atoms with Crippen molar-refractivity contribution in [3.63, 3.8) is 0 Å². The highest BCUT2D eigenvalue weighted by Gasteiger charge is 2.43. The molecule has 0 saturated carbocycles. The normalized spacial score (nSPS) is 20.7. The molecule has 1 aliphatic rings. The molecule has 1 unspecified atom stereocenters. The van der Waals surface area contributed by atoms with E-state index in [2.05, 4.69) is 4.98 Å². The van der Waals surface area contributed by atoms with Crippen molar-refractivity contribution < 1.29 is 14.7 Å². The Bertz CT molecular complexity index is 756. The Labute approximate surface area is 138 Å². The van der Waals surface area contributed by atoms with Gasteiger partial charge in [-0.05, 0) is 20.3 Å². The fraction of sp³-hybridized carbons (Fsp3) is 0.353. The molecule has 1 N–H and O–H groups in total. The first-order valence-corrected chi connectivity index (χ1v) is 8.28. The van der Waals surface area contributed by atoms with Crippen LogP contribution in [0.2, 0.25) is 0 Å². The maximum Gasteiger partial charge on any atom is 0.311 e. The van der Waals surface area contributed by atoms with Crippen molar-refractivity contribution in [2.24, 2.45) is 5.41 Å². The van der Waals surface area contributed by atoms with E-state index < -0.39 is 11.4 Å². The number of carbonyl (C=O) groups excluding carboxylic acids is 1. The summed E-state index contributed by atoms with van der Waals surface area (Å²) in [6, 6.07) is 9.60. The van der Waals surface area contributed by atoms with Gasteiger partial charge < -0.3 is 10.0 Å². The maximum absolute atomic E-state index is 12.9. The largest absolute Gasteiger partial charge is 0.481 e. The van der Waals surface area contributed by atoms with Gasteiger partial charge in [-0.25, -0.2) is 4.98 Å². The van der Waals surface area contributed by atoms with Gasteiger partial charge in [0.25, 0.3) is 5.91 Å². The SMILES string of the molecule is Cc1nc(-c2ccccc2)c(C(=O)N2CCC(C)(C(=O)O)C2)s1. The molecule has 0 spiro atoms. The van der Waals surface area contributed by atoms with Crippen LogP contribution in [-0.4, -0.2) is 40.0 Å². The van der Waals surface area contributed by atoms with E-state index >= 15 is 0 Å². The lowest BCUT2D eigenvalue weighted by Gasteiger charge is -2.20. The Morgan fingerprint density at radius 1 is 1.30 bits per heavy atom. The average Bonchev–Trinajstić information content (AvgIpc) is 3.12. The zero-order chi connectivity index (χ0) is 16.6. The Morgan fingerprint density at radius 2 is 2.00 bits per heavy atom. The third-order valence-electron chi connectivity index (χ3n) is 4.25. The minimum Gasteiger partial charge on any atom is -0.481 e. The molecule has 2 heterocycles. The summed E-state index contributed by atoms with van der Waals surface area (Å²) in [5.74, 6) is -0.976. The molecule has 0 radical (unpaired) electrons. The number of thiazole rings is 1. The fourth-order valence-corrected chi connectivity index (χ4v) is 3.73. The highest BCUT2D eigenvalue weighted by atomic mass is 32.1. The van der Waals surface area contributed by atoms with Crippen molar-refractivity contribution in [2.75, 3.05) is 13.1 Å². The molecule has 1 amide bonds. The third-order valence-corrected chi connectivity index (χ3v) is 5.21. The number of aromatic nitrogens is 1. The summed E-state index contributed by atoms with van der Waals surface area (Å²) in [4.78, 5) is 31.0. The molecule has 23 heavy (non-hydrogen) atoms. The Hall–Kier alpha value is -2.21. The number of carboxylic acids is 1. The summed E-state index contributed by atoms with van der Waals surface area (Å²) < 4.78 is 0. The van der Waals surface area contributed by atoms with Crippen LogP contribution in [0.1, 0.15) is 28.0 Å². The first-order chi connectivity index (χ1) is 10.9. The van der Waals surface area contributed by atoms with Gasteiger partial charge in [0.05, 0.1) is 16.1 Å². The van der Waals surface area contributed by atoms with Crippen LogP contribution < -0.4 is 0 Å². The van der Waals surface area contributed by atoms with E-state index in [1.807, 2.05) is 37.3 Å². The van der Waals surface area contributed by atoms with E-state index in [9.17, 15) is 14.7 Å². The van der Waals surface area contributed by atoms with Gasteiger partial charge in [-0.2, -0.15) is 0 Å². The molecule has 3 rings (SSSR count). The molecule has 2 aromatic rings. The molecule has 6 heteroatoms. The number of hydrogen-bond acceptors (Lipinski definition) is 4. The molecule has 1 aromatic carbocycles. The first kappa shape index (κ1) is 15.7. The molecule has 1 aliphatic heterocycles. The van der Waals surface area contributed by atoms with E-state index in [1.54, 1.807) is 11.8 Å². The summed E-state index contributed by atoms with van der Waals surface area (Å²) in [5.41, 5.74) is 0.727. The predicted molar refractivity (Wildman–Crippen MR) is 88.6 cm³/mol. The second-order valence-electron chi connectivity index (χ2n) is 6.12. The van der Waals surface area contributed by atoms with Gasteiger partial charge in [-0.3, -0.25) is 9.59 Å². The molecule has 0 bridgehead atoms. The van der Waals surface area contributed by atoms with Gasteiger partial charge in [-0.15, -0.1) is 11.3 Å². The monoisotopic (exact) mass is 330 g/mol. The first-order valence-electron chi connectivity index (χ1n) is 7.46. The second-order valence-corrected chi connectivity index (χ2v) is 7.32. The van der Waals surface area contributed by atoms with Crippen molar-refractivity contribution in [1.29, 1.82) is 0 Å². The number of likely N-dealkylation sites (tertiary alicyclic amines) is 1. The molecule has 0 aliphatic carbocycles. The topological polar surface area (TPSA) is 70.5 Å². The number of aryl methyl sites for hydroxylation is 1. The standard InChI is InChI=1S/C17H18N2O3S/c1-11-18-13(12-6-4-3-5-7-12)14(23-11)15(20)19-9-8-17(2,10-19)16(21)22/h3-7H,8-10H2,1-2H3,(H,21,22). The molecule has 1 atom stereocenters. The van der Waals surface area contributed by atoms with Crippen molar-refractivity contribution in [1.82, 2.24) is 9.88 Å². The van der Waals surface area contributed by atoms with Crippen LogP contribution in [-0.2, 0) is 4.79 Å². The lowest BCUT2D eigenvalue weighted by Crippen LogP contribution is -2.34. The van der Waals surface area contributed by atoms with Crippen molar-refractivity contribution in [2.45, 2.75) is 20.3 Å². The van der Waals surface area contributed by atoms with Crippen LogP contribution in [0.15, 0.2) is 30.3 Å². The summed E-state index contributed by atoms with van der Waals surface area (Å²) in [7, 11) is 0. The number of aliphatic carboxylic acids is 1. The van der Waals surface area contributed by atoms with Crippen molar-refractivity contribution in [3.05, 3.63) is 40.2 Å². The zero-order valence-electron chi connectivity index (χ0n) is 13.1. The number of benzene rings is 1. The Kier molecular flexibility index (Phi) is 3.93. The van der Waals surface area contributed by atoms with E-state index in [1.165, 1.54) is 11.3 Å². The Morgan fingerprint density at radius 3 is 2.61 bits per heavy atom. The van der Waals surface area contributed by atoms with Crippen LogP contribution >= 0.6 is 11.3 Å². The van der Waals surface area contributed by atoms with Crippen LogP contribution in [0.25, 0.3) is 11.3 Å². The van der Waals surface area contributed by atoms with Gasteiger partial charge in [0, 0.05) is 18.7 Å². The Balaban J connectivity index is 1.91. The third kappa shape index (κ3) is 2.86. The summed E-state index contributed by atoms with van der Waals surface area (Å²) in [6.45, 7) is 4.27. The smallest absolute Gasteiger partial charge is 0.311 e. The molecular weight excluding hydrogens is 312 g/mol. The lowest BCUT2D eigenvalue weighted by atomic mass is 9.90. The molecular formula is C17H18N2O3S. The number of hydrogen-bond donors (Lipinski definition) is 1. The van der Waals surface area contributed by atoms with Gasteiger partial charge in [-0.1, -0.05) is 30.3 Å². The van der Waals surface area contributed by atoms with E-state index in [0.29, 0.717) is 23.5 Å². The summed E-state index contributed by atoms with van der Waals surface area (Å²) in [6.07, 6.45) is 0.479. The van der Waals surface area contributed by atoms with Crippen molar-refractivity contribution >= 4 is 23.2 Å². The quantitative estimate of drug-likeness (QED) is 0.939. The summed E-state index contributed by atoms with van der Waals surface area (Å²) in [5, 5.41) is 10.2. The van der Waals surface area contributed by atoms with Crippen LogP contribution in [0.3, 0.4) is 0 Å². The summed E-state index contributed by atoms with van der Waals surface area (Å²) >= 11 is 1.36. The molecule has 5 nitrogen and oxygen atoms in total. The number of rotatable bonds is 3. The number of amides is 1.